The van der Waals surface area contributed by atoms with Crippen molar-refractivity contribution < 1.29 is 4.74 Å². The molecule has 6 heteroatoms. The molecule has 0 spiro atoms. The second-order valence-corrected chi connectivity index (χ2v) is 6.02. The molecule has 0 amide bonds. The van der Waals surface area contributed by atoms with E-state index in [1.54, 1.807) is 6.20 Å². The Labute approximate surface area is 131 Å². The molecule has 0 aliphatic carbocycles. The minimum atomic E-state index is -0.00990. The molecule has 1 unspecified atom stereocenters. The Kier molecular flexibility index (Phi) is 4.49. The lowest BCUT2D eigenvalue weighted by Crippen LogP contribution is -2.38. The third kappa shape index (κ3) is 3.34. The molecule has 0 N–H and O–H groups in total. The Morgan fingerprint density at radius 3 is 2.86 bits per heavy atom. The molecule has 3 rings (SSSR count). The van der Waals surface area contributed by atoms with Crippen molar-refractivity contribution in [2.24, 2.45) is 0 Å². The first-order chi connectivity index (χ1) is 10.6. The van der Waals surface area contributed by atoms with Crippen LogP contribution in [-0.2, 0) is 11.3 Å². The number of imidazole rings is 1. The van der Waals surface area contributed by atoms with Crippen molar-refractivity contribution in [2.45, 2.75) is 39.5 Å². The number of hydrogen-bond donors (Lipinski definition) is 0. The average Bonchev–Trinajstić information content (AvgIpc) is 2.96. The van der Waals surface area contributed by atoms with Crippen molar-refractivity contribution in [3.63, 3.8) is 0 Å². The van der Waals surface area contributed by atoms with Crippen LogP contribution in [0.15, 0.2) is 24.8 Å². The maximum Gasteiger partial charge on any atom is 0.123 e. The third-order valence-corrected chi connectivity index (χ3v) is 3.95. The van der Waals surface area contributed by atoms with Gasteiger partial charge in [0.25, 0.3) is 0 Å². The second-order valence-electron chi connectivity index (χ2n) is 6.02. The minimum Gasteiger partial charge on any atom is -0.369 e. The van der Waals surface area contributed by atoms with Crippen LogP contribution in [0.1, 0.15) is 43.2 Å². The van der Waals surface area contributed by atoms with Crippen LogP contribution >= 0.6 is 0 Å². The van der Waals surface area contributed by atoms with E-state index in [4.69, 9.17) is 4.74 Å². The summed E-state index contributed by atoms with van der Waals surface area (Å²) in [5.41, 5.74) is 1.83. The first-order valence-electron chi connectivity index (χ1n) is 7.77. The molecule has 1 atom stereocenters. The summed E-state index contributed by atoms with van der Waals surface area (Å²) in [5.74, 6) is 1.10. The van der Waals surface area contributed by atoms with E-state index in [-0.39, 0.29) is 6.10 Å². The molecular formula is C16H23N5O. The van der Waals surface area contributed by atoms with E-state index < -0.39 is 0 Å². The molecule has 1 aliphatic rings. The summed E-state index contributed by atoms with van der Waals surface area (Å²) in [6, 6.07) is 0.428. The lowest BCUT2D eigenvalue weighted by molar-refractivity contribution is -0.0362. The van der Waals surface area contributed by atoms with E-state index in [0.29, 0.717) is 12.6 Å². The highest BCUT2D eigenvalue weighted by Gasteiger charge is 2.24. The highest BCUT2D eigenvalue weighted by atomic mass is 16.5. The Bertz CT molecular complexity index is 607. The fourth-order valence-electron chi connectivity index (χ4n) is 2.73. The Morgan fingerprint density at radius 1 is 1.27 bits per heavy atom. The van der Waals surface area contributed by atoms with Gasteiger partial charge >= 0.3 is 0 Å². The van der Waals surface area contributed by atoms with Crippen molar-refractivity contribution in [2.75, 3.05) is 19.7 Å². The molecule has 6 nitrogen and oxygen atoms in total. The van der Waals surface area contributed by atoms with E-state index >= 15 is 0 Å². The number of aryl methyl sites for hydroxylation is 1. The molecule has 2 aromatic rings. The molecule has 118 valence electrons. The fraction of sp³-hybridized carbons (Fsp3) is 0.562. The Hall–Kier alpha value is -1.79. The molecule has 0 saturated carbocycles. The van der Waals surface area contributed by atoms with E-state index in [9.17, 15) is 0 Å². The summed E-state index contributed by atoms with van der Waals surface area (Å²) >= 11 is 0. The number of aromatic nitrogens is 4. The second kappa shape index (κ2) is 6.54. The van der Waals surface area contributed by atoms with Gasteiger partial charge < -0.3 is 9.30 Å². The van der Waals surface area contributed by atoms with Crippen LogP contribution < -0.4 is 0 Å². The molecule has 3 heterocycles. The summed E-state index contributed by atoms with van der Waals surface area (Å²) in [5, 5.41) is 0. The van der Waals surface area contributed by atoms with Crippen molar-refractivity contribution in [3.8, 4) is 0 Å². The van der Waals surface area contributed by atoms with Gasteiger partial charge in [-0.05, 0) is 20.8 Å². The molecule has 2 aromatic heterocycles. The Balaban J connectivity index is 1.68. The van der Waals surface area contributed by atoms with Crippen LogP contribution in [-0.4, -0.2) is 44.1 Å². The first kappa shape index (κ1) is 15.1. The summed E-state index contributed by atoms with van der Waals surface area (Å²) in [4.78, 5) is 15.6. The number of nitrogens with zero attached hydrogens (tertiary/aromatic N) is 5. The highest BCUT2D eigenvalue weighted by Crippen LogP contribution is 2.21. The maximum atomic E-state index is 5.86. The molecular weight excluding hydrogens is 278 g/mol. The maximum absolute atomic E-state index is 5.86. The van der Waals surface area contributed by atoms with Crippen LogP contribution in [0.25, 0.3) is 0 Å². The summed E-state index contributed by atoms with van der Waals surface area (Å²) in [6.45, 7) is 9.58. The van der Waals surface area contributed by atoms with Gasteiger partial charge in [0.1, 0.15) is 11.9 Å². The van der Waals surface area contributed by atoms with Gasteiger partial charge in [-0.15, -0.1) is 0 Å². The van der Waals surface area contributed by atoms with E-state index in [2.05, 4.69) is 38.3 Å². The molecule has 0 bridgehead atoms. The normalized spacial score (nSPS) is 19.7. The molecule has 1 saturated heterocycles. The van der Waals surface area contributed by atoms with Gasteiger partial charge in [-0.3, -0.25) is 14.9 Å². The average molecular weight is 301 g/mol. The zero-order valence-corrected chi connectivity index (χ0v) is 13.4. The molecule has 22 heavy (non-hydrogen) atoms. The predicted octanol–water partition coefficient (Wildman–Crippen LogP) is 2.14. The van der Waals surface area contributed by atoms with Crippen LogP contribution in [0.4, 0.5) is 0 Å². The molecule has 1 aliphatic heterocycles. The van der Waals surface area contributed by atoms with Crippen LogP contribution in [0.2, 0.25) is 0 Å². The van der Waals surface area contributed by atoms with Gasteiger partial charge in [0.05, 0.1) is 30.7 Å². The number of rotatable bonds is 4. The lowest BCUT2D eigenvalue weighted by atomic mass is 10.2. The molecule has 0 aromatic carbocycles. The van der Waals surface area contributed by atoms with Crippen LogP contribution in [0.3, 0.4) is 0 Å². The van der Waals surface area contributed by atoms with E-state index in [1.165, 1.54) is 0 Å². The topological polar surface area (TPSA) is 56.1 Å². The highest BCUT2D eigenvalue weighted by molar-refractivity contribution is 5.06. The fourth-order valence-corrected chi connectivity index (χ4v) is 2.73. The van der Waals surface area contributed by atoms with Gasteiger partial charge in [0.15, 0.2) is 0 Å². The quantitative estimate of drug-likeness (QED) is 0.866. The number of ether oxygens (including phenoxy) is 1. The van der Waals surface area contributed by atoms with Gasteiger partial charge in [-0.1, -0.05) is 0 Å². The SMILES string of the molecule is Cc1cnc(C2CN(Cc3nccn3C(C)C)CCO2)cn1. The largest absolute Gasteiger partial charge is 0.369 e. The zero-order chi connectivity index (χ0) is 15.5. The molecule has 0 radical (unpaired) electrons. The van der Waals surface area contributed by atoms with Gasteiger partial charge in [0.2, 0.25) is 0 Å². The van der Waals surface area contributed by atoms with Crippen molar-refractivity contribution in [1.82, 2.24) is 24.4 Å². The minimum absolute atomic E-state index is 0.00990. The van der Waals surface area contributed by atoms with Gasteiger partial charge in [-0.25, -0.2) is 4.98 Å². The predicted molar refractivity (Wildman–Crippen MR) is 83.4 cm³/mol. The van der Waals surface area contributed by atoms with Crippen molar-refractivity contribution in [3.05, 3.63) is 42.0 Å². The molecule has 1 fully saturated rings. The number of hydrogen-bond acceptors (Lipinski definition) is 5. The van der Waals surface area contributed by atoms with Crippen LogP contribution in [0.5, 0.6) is 0 Å². The summed E-state index contributed by atoms with van der Waals surface area (Å²) < 4.78 is 8.08. The smallest absolute Gasteiger partial charge is 0.123 e. The monoisotopic (exact) mass is 301 g/mol. The first-order valence-corrected chi connectivity index (χ1v) is 7.77. The van der Waals surface area contributed by atoms with Crippen molar-refractivity contribution >= 4 is 0 Å². The number of morpholine rings is 1. The van der Waals surface area contributed by atoms with Gasteiger partial charge in [-0.2, -0.15) is 0 Å². The van der Waals surface area contributed by atoms with Gasteiger partial charge in [0, 0.05) is 37.7 Å². The zero-order valence-electron chi connectivity index (χ0n) is 13.4. The van der Waals surface area contributed by atoms with Crippen LogP contribution in [0, 0.1) is 6.92 Å². The lowest BCUT2D eigenvalue weighted by Gasteiger charge is -2.32. The summed E-state index contributed by atoms with van der Waals surface area (Å²) in [6.07, 6.45) is 7.52. The van der Waals surface area contributed by atoms with E-state index in [0.717, 1.165) is 36.8 Å². The standard InChI is InChI=1S/C16H23N5O/c1-12(2)21-5-4-17-16(21)11-20-6-7-22-15(10-20)14-9-18-13(3)8-19-14/h4-5,8-9,12,15H,6-7,10-11H2,1-3H3. The summed E-state index contributed by atoms with van der Waals surface area (Å²) in [7, 11) is 0. The van der Waals surface area contributed by atoms with E-state index in [1.807, 2.05) is 25.5 Å². The third-order valence-electron chi connectivity index (χ3n) is 3.95. The Morgan fingerprint density at radius 2 is 2.14 bits per heavy atom. The van der Waals surface area contributed by atoms with Crippen molar-refractivity contribution in [1.29, 1.82) is 0 Å².